The molecule has 1 heterocycles. The quantitative estimate of drug-likeness (QED) is 0.196. The van der Waals surface area contributed by atoms with Gasteiger partial charge in [-0.15, -0.1) is 0 Å². The maximum Gasteiger partial charge on any atom is 0.290 e. The summed E-state index contributed by atoms with van der Waals surface area (Å²) in [5.74, 6) is -4.38. The van der Waals surface area contributed by atoms with E-state index in [1.807, 2.05) is 74.5 Å². The number of amides is 5. The highest BCUT2D eigenvalue weighted by Gasteiger charge is 2.42. The summed E-state index contributed by atoms with van der Waals surface area (Å²) in [7, 11) is 1.44. The van der Waals surface area contributed by atoms with Crippen molar-refractivity contribution in [2.24, 2.45) is 0 Å². The molecular formula is C37H43N5O6. The molecule has 1 unspecified atom stereocenters. The number of benzene rings is 3. The monoisotopic (exact) mass is 653 g/mol. The second kappa shape index (κ2) is 17.0. The zero-order chi connectivity index (χ0) is 34.6. The summed E-state index contributed by atoms with van der Waals surface area (Å²) in [5.41, 5.74) is 2.38. The minimum Gasteiger partial charge on any atom is -0.357 e. The van der Waals surface area contributed by atoms with Crippen molar-refractivity contribution in [3.8, 4) is 0 Å². The summed E-state index contributed by atoms with van der Waals surface area (Å²) in [5, 5.41) is 10.1. The predicted molar refractivity (Wildman–Crippen MR) is 180 cm³/mol. The molecule has 0 aromatic heterocycles. The Bertz CT molecular complexity index is 1580. The molecule has 0 radical (unpaired) electrons. The number of likely N-dealkylation sites (N-methyl/N-ethyl adjacent to an activating group) is 1. The van der Waals surface area contributed by atoms with Crippen molar-refractivity contribution in [3.63, 3.8) is 0 Å². The van der Waals surface area contributed by atoms with Crippen LogP contribution in [-0.2, 0) is 28.8 Å². The van der Waals surface area contributed by atoms with Crippen molar-refractivity contribution in [2.45, 2.75) is 63.1 Å². The maximum atomic E-state index is 13.8. The van der Waals surface area contributed by atoms with E-state index in [1.54, 1.807) is 35.2 Å². The first-order valence-corrected chi connectivity index (χ1v) is 16.2. The molecule has 11 heteroatoms. The van der Waals surface area contributed by atoms with E-state index in [2.05, 4.69) is 21.3 Å². The van der Waals surface area contributed by atoms with Crippen molar-refractivity contribution >= 4 is 35.3 Å². The van der Waals surface area contributed by atoms with Crippen LogP contribution in [0.5, 0.6) is 0 Å². The summed E-state index contributed by atoms with van der Waals surface area (Å²) in [4.78, 5) is 80.6. The zero-order valence-corrected chi connectivity index (χ0v) is 27.5. The Morgan fingerprint density at radius 3 is 1.98 bits per heavy atom. The molecule has 3 aromatic carbocycles. The van der Waals surface area contributed by atoms with Crippen molar-refractivity contribution in [3.05, 3.63) is 108 Å². The van der Waals surface area contributed by atoms with Gasteiger partial charge >= 0.3 is 0 Å². The van der Waals surface area contributed by atoms with E-state index in [0.29, 0.717) is 24.9 Å². The van der Waals surface area contributed by atoms with Crippen LogP contribution in [-0.4, -0.2) is 72.4 Å². The minimum atomic E-state index is -1.16. The third-order valence-corrected chi connectivity index (χ3v) is 8.62. The first-order valence-electron chi connectivity index (χ1n) is 16.2. The summed E-state index contributed by atoms with van der Waals surface area (Å²) >= 11 is 0. The van der Waals surface area contributed by atoms with Gasteiger partial charge in [-0.2, -0.15) is 0 Å². The van der Waals surface area contributed by atoms with Crippen molar-refractivity contribution < 1.29 is 28.8 Å². The van der Waals surface area contributed by atoms with Crippen LogP contribution in [0.4, 0.5) is 0 Å². The molecule has 5 amide bonds. The van der Waals surface area contributed by atoms with Gasteiger partial charge in [0, 0.05) is 19.5 Å². The SMILES string of the molecule is CCCC(NC(=O)[C@@H]1C[C@@H](c2ccccc2)CN1C(=O)[C@@H](C)c1ccccc1)C(=O)C(=O)NCC(=O)N[C@H](C(=O)NC)c1ccccc1. The Kier molecular flexibility index (Phi) is 12.6. The minimum absolute atomic E-state index is 0.0921. The predicted octanol–water partition coefficient (Wildman–Crippen LogP) is 2.75. The van der Waals surface area contributed by atoms with Crippen LogP contribution in [0.1, 0.15) is 67.7 Å². The number of Topliss-reactive ketones (excluding diaryl/α,β-unsaturated/α-hetero) is 1. The van der Waals surface area contributed by atoms with Gasteiger partial charge in [0.1, 0.15) is 12.1 Å². The van der Waals surface area contributed by atoms with Gasteiger partial charge in [0.15, 0.2) is 0 Å². The van der Waals surface area contributed by atoms with Gasteiger partial charge in [0.05, 0.1) is 18.5 Å². The Hall–Kier alpha value is -5.32. The lowest BCUT2D eigenvalue weighted by Crippen LogP contribution is -2.54. The van der Waals surface area contributed by atoms with E-state index in [1.165, 1.54) is 7.05 Å². The molecule has 0 bridgehead atoms. The fraction of sp³-hybridized carbons (Fsp3) is 0.351. The normalized spacial score (nSPS) is 17.4. The Labute approximate surface area is 280 Å². The number of nitrogens with one attached hydrogen (secondary N) is 4. The Morgan fingerprint density at radius 1 is 0.812 bits per heavy atom. The lowest BCUT2D eigenvalue weighted by atomic mass is 9.96. The van der Waals surface area contributed by atoms with E-state index in [-0.39, 0.29) is 18.2 Å². The zero-order valence-electron chi connectivity index (χ0n) is 27.5. The lowest BCUT2D eigenvalue weighted by Gasteiger charge is -2.28. The molecule has 0 spiro atoms. The molecule has 3 aromatic rings. The van der Waals surface area contributed by atoms with Gasteiger partial charge < -0.3 is 26.2 Å². The number of hydrogen-bond acceptors (Lipinski definition) is 6. The van der Waals surface area contributed by atoms with E-state index >= 15 is 0 Å². The van der Waals surface area contributed by atoms with Crippen LogP contribution in [0.15, 0.2) is 91.0 Å². The fourth-order valence-corrected chi connectivity index (χ4v) is 5.96. The number of carbonyl (C=O) groups is 6. The summed E-state index contributed by atoms with van der Waals surface area (Å²) in [6, 6.07) is 24.6. The van der Waals surface area contributed by atoms with Crippen molar-refractivity contribution in [1.29, 1.82) is 0 Å². The van der Waals surface area contributed by atoms with Gasteiger partial charge in [0.25, 0.3) is 5.91 Å². The van der Waals surface area contributed by atoms with Crippen LogP contribution in [0.3, 0.4) is 0 Å². The molecule has 4 rings (SSSR count). The summed E-state index contributed by atoms with van der Waals surface area (Å²) in [6.07, 6.45) is 1.02. The Balaban J connectivity index is 1.43. The number of nitrogens with zero attached hydrogens (tertiary/aromatic N) is 1. The number of likely N-dealkylation sites (tertiary alicyclic amines) is 1. The van der Waals surface area contributed by atoms with Crippen LogP contribution in [0.2, 0.25) is 0 Å². The molecule has 1 aliphatic heterocycles. The fourth-order valence-electron chi connectivity index (χ4n) is 5.96. The molecule has 1 aliphatic rings. The highest BCUT2D eigenvalue weighted by molar-refractivity contribution is 6.38. The number of rotatable bonds is 14. The summed E-state index contributed by atoms with van der Waals surface area (Å²) < 4.78 is 0. The topological polar surface area (TPSA) is 154 Å². The van der Waals surface area contributed by atoms with Crippen molar-refractivity contribution in [2.75, 3.05) is 20.1 Å². The van der Waals surface area contributed by atoms with Gasteiger partial charge in [-0.05, 0) is 36.5 Å². The average molecular weight is 654 g/mol. The van der Waals surface area contributed by atoms with E-state index < -0.39 is 60.0 Å². The molecule has 252 valence electrons. The molecule has 0 aliphatic carbocycles. The van der Waals surface area contributed by atoms with Crippen LogP contribution in [0.25, 0.3) is 0 Å². The molecule has 48 heavy (non-hydrogen) atoms. The summed E-state index contributed by atoms with van der Waals surface area (Å²) in [6.45, 7) is 3.40. The van der Waals surface area contributed by atoms with Crippen LogP contribution >= 0.6 is 0 Å². The third-order valence-electron chi connectivity index (χ3n) is 8.62. The second-order valence-corrected chi connectivity index (χ2v) is 11.9. The standard InChI is InChI=1S/C37H43N5O6/c1-4-14-29(33(44)36(47)39-22-31(43)41-32(35(46)38-3)27-19-12-7-13-20-27)40-34(45)30-21-28(26-17-10-6-11-18-26)23-42(30)37(48)24(2)25-15-8-5-9-16-25/h5-13,15-20,24,28-30,32H,4,14,21-23H2,1-3H3,(H,38,46)(H,39,47)(H,40,45)(H,41,43)/t24-,28+,29?,30-,32-/m0/s1. The first-order chi connectivity index (χ1) is 23.1. The third kappa shape index (κ3) is 8.93. The van der Waals surface area contributed by atoms with Gasteiger partial charge in [-0.3, -0.25) is 28.8 Å². The van der Waals surface area contributed by atoms with E-state index in [0.717, 1.165) is 11.1 Å². The van der Waals surface area contributed by atoms with Crippen molar-refractivity contribution in [1.82, 2.24) is 26.2 Å². The molecule has 1 fully saturated rings. The molecule has 1 saturated heterocycles. The van der Waals surface area contributed by atoms with Crippen LogP contribution < -0.4 is 21.3 Å². The number of carbonyl (C=O) groups excluding carboxylic acids is 6. The molecule has 4 N–H and O–H groups in total. The molecular weight excluding hydrogens is 610 g/mol. The first kappa shape index (κ1) is 35.5. The van der Waals surface area contributed by atoms with Gasteiger partial charge in [-0.25, -0.2) is 0 Å². The Morgan fingerprint density at radius 2 is 1.40 bits per heavy atom. The highest BCUT2D eigenvalue weighted by atomic mass is 16.2. The average Bonchev–Trinajstić information content (AvgIpc) is 3.58. The highest BCUT2D eigenvalue weighted by Crippen LogP contribution is 2.34. The molecule has 5 atom stereocenters. The van der Waals surface area contributed by atoms with E-state index in [4.69, 9.17) is 0 Å². The number of hydrogen-bond donors (Lipinski definition) is 4. The van der Waals surface area contributed by atoms with Crippen LogP contribution in [0, 0.1) is 0 Å². The molecule has 0 saturated carbocycles. The second-order valence-electron chi connectivity index (χ2n) is 11.9. The largest absolute Gasteiger partial charge is 0.357 e. The molecule has 11 nitrogen and oxygen atoms in total. The van der Waals surface area contributed by atoms with Gasteiger partial charge in [-0.1, -0.05) is 104 Å². The van der Waals surface area contributed by atoms with Gasteiger partial charge in [0.2, 0.25) is 29.4 Å². The van der Waals surface area contributed by atoms with E-state index in [9.17, 15) is 28.8 Å². The maximum absolute atomic E-state index is 13.8. The smallest absolute Gasteiger partial charge is 0.290 e. The number of ketones is 1. The lowest BCUT2D eigenvalue weighted by molar-refractivity contribution is -0.142.